The molecule has 0 aromatic heterocycles. The fraction of sp³-hybridized carbons (Fsp3) is 0.368. The van der Waals surface area contributed by atoms with Gasteiger partial charge in [-0.3, -0.25) is 0 Å². The average molecular weight is 300 g/mol. The third kappa shape index (κ3) is 3.00. The van der Waals surface area contributed by atoms with Crippen molar-refractivity contribution >= 4 is 11.6 Å². The Morgan fingerprint density at radius 1 is 1.00 bits per heavy atom. The van der Waals surface area contributed by atoms with E-state index < -0.39 is 0 Å². The van der Waals surface area contributed by atoms with E-state index in [2.05, 4.69) is 55.6 Å². The van der Waals surface area contributed by atoms with Gasteiger partial charge in [0, 0.05) is 17.1 Å². The summed E-state index contributed by atoms with van der Waals surface area (Å²) in [4.78, 5) is 0. The van der Waals surface area contributed by atoms with Gasteiger partial charge in [0.2, 0.25) is 0 Å². The van der Waals surface area contributed by atoms with Crippen LogP contribution in [-0.4, -0.2) is 0 Å². The Morgan fingerprint density at radius 2 is 1.67 bits per heavy atom. The summed E-state index contributed by atoms with van der Waals surface area (Å²) in [6.07, 6.45) is 2.43. The zero-order chi connectivity index (χ0) is 14.8. The number of halogens is 1. The molecule has 1 aliphatic rings. The van der Waals surface area contributed by atoms with E-state index in [-0.39, 0.29) is 6.04 Å². The molecular weight excluding hydrogens is 278 g/mol. The first-order chi connectivity index (χ1) is 10.2. The molecule has 2 heteroatoms. The van der Waals surface area contributed by atoms with E-state index in [1.54, 1.807) is 0 Å². The Kier molecular flexibility index (Phi) is 4.32. The Hall–Kier alpha value is -1.31. The number of benzene rings is 2. The van der Waals surface area contributed by atoms with Gasteiger partial charge in [-0.25, -0.2) is 0 Å². The minimum absolute atomic E-state index is 0.255. The van der Waals surface area contributed by atoms with Crippen molar-refractivity contribution in [1.82, 2.24) is 5.32 Å². The number of rotatable bonds is 3. The van der Waals surface area contributed by atoms with E-state index in [0.717, 1.165) is 5.02 Å². The Bertz CT molecular complexity index is 622. The maximum absolute atomic E-state index is 6.32. The second kappa shape index (κ2) is 6.21. The highest BCUT2D eigenvalue weighted by Gasteiger charge is 2.25. The van der Waals surface area contributed by atoms with Crippen LogP contribution in [0.2, 0.25) is 5.02 Å². The monoisotopic (exact) mass is 299 g/mol. The topological polar surface area (TPSA) is 12.0 Å². The van der Waals surface area contributed by atoms with Gasteiger partial charge < -0.3 is 5.32 Å². The molecule has 2 aromatic carbocycles. The van der Waals surface area contributed by atoms with Gasteiger partial charge in [0.1, 0.15) is 0 Å². The van der Waals surface area contributed by atoms with E-state index in [9.17, 15) is 0 Å². The van der Waals surface area contributed by atoms with Gasteiger partial charge in [0.15, 0.2) is 0 Å². The summed E-state index contributed by atoms with van der Waals surface area (Å²) in [5.74, 6) is 0.662. The summed E-state index contributed by atoms with van der Waals surface area (Å²) < 4.78 is 0. The molecule has 110 valence electrons. The number of hydrogen-bond acceptors (Lipinski definition) is 1. The molecule has 0 aliphatic heterocycles. The van der Waals surface area contributed by atoms with Crippen molar-refractivity contribution < 1.29 is 0 Å². The van der Waals surface area contributed by atoms with Crippen LogP contribution in [0.4, 0.5) is 0 Å². The lowest BCUT2D eigenvalue weighted by Gasteiger charge is -2.32. The van der Waals surface area contributed by atoms with Crippen molar-refractivity contribution in [2.45, 2.75) is 44.7 Å². The van der Waals surface area contributed by atoms with E-state index in [1.807, 2.05) is 12.1 Å². The highest BCUT2D eigenvalue weighted by atomic mass is 35.5. The van der Waals surface area contributed by atoms with Gasteiger partial charge in [-0.05, 0) is 48.4 Å². The maximum Gasteiger partial charge on any atom is 0.0453 e. The van der Waals surface area contributed by atoms with Crippen LogP contribution in [0.1, 0.15) is 61.4 Å². The second-order valence-electron chi connectivity index (χ2n) is 6.07. The second-order valence-corrected chi connectivity index (χ2v) is 6.48. The van der Waals surface area contributed by atoms with Crippen LogP contribution in [0, 0.1) is 0 Å². The minimum atomic E-state index is 0.255. The molecule has 1 aliphatic carbocycles. The predicted molar refractivity (Wildman–Crippen MR) is 89.8 cm³/mol. The fourth-order valence-electron chi connectivity index (χ4n) is 3.40. The lowest BCUT2D eigenvalue weighted by atomic mass is 9.80. The number of hydrogen-bond donors (Lipinski definition) is 1. The Balaban J connectivity index is 1.83. The van der Waals surface area contributed by atoms with Gasteiger partial charge in [0.05, 0.1) is 0 Å². The standard InChI is InChI=1S/C19H22ClN/c1-13-11-12-19(17-9-4-3-7-15(13)17)21-14(2)16-8-5-6-10-18(16)20/h3-10,13-14,19,21H,11-12H2,1-2H3/t13?,14-,19?/m0/s1. The lowest BCUT2D eigenvalue weighted by Crippen LogP contribution is -2.28. The van der Waals surface area contributed by atoms with Crippen molar-refractivity contribution in [2.75, 3.05) is 0 Å². The molecule has 2 aromatic rings. The summed E-state index contributed by atoms with van der Waals surface area (Å²) in [5.41, 5.74) is 4.12. The number of nitrogens with one attached hydrogen (secondary N) is 1. The van der Waals surface area contributed by atoms with Crippen molar-refractivity contribution in [3.05, 3.63) is 70.2 Å². The Morgan fingerprint density at radius 3 is 2.43 bits per heavy atom. The molecule has 21 heavy (non-hydrogen) atoms. The average Bonchev–Trinajstić information content (AvgIpc) is 2.51. The van der Waals surface area contributed by atoms with Crippen molar-refractivity contribution in [2.24, 2.45) is 0 Å². The zero-order valence-corrected chi connectivity index (χ0v) is 13.4. The van der Waals surface area contributed by atoms with Crippen molar-refractivity contribution in [3.63, 3.8) is 0 Å². The van der Waals surface area contributed by atoms with Crippen LogP contribution in [0.3, 0.4) is 0 Å². The molecule has 0 fully saturated rings. The van der Waals surface area contributed by atoms with Gasteiger partial charge in [-0.1, -0.05) is 61.0 Å². The largest absolute Gasteiger partial charge is 0.303 e. The van der Waals surface area contributed by atoms with E-state index in [1.165, 1.54) is 29.5 Å². The molecule has 0 saturated carbocycles. The Labute approximate surface area is 132 Å². The normalized spacial score (nSPS) is 22.6. The van der Waals surface area contributed by atoms with Crippen LogP contribution in [0.5, 0.6) is 0 Å². The third-order valence-corrected chi connectivity index (χ3v) is 4.96. The molecule has 0 heterocycles. The highest BCUT2D eigenvalue weighted by Crippen LogP contribution is 2.38. The predicted octanol–water partition coefficient (Wildman–Crippen LogP) is 5.63. The highest BCUT2D eigenvalue weighted by molar-refractivity contribution is 6.31. The third-order valence-electron chi connectivity index (χ3n) is 4.61. The molecule has 3 atom stereocenters. The molecule has 3 rings (SSSR count). The molecule has 0 amide bonds. The summed E-state index contributed by atoms with van der Waals surface area (Å²) in [7, 11) is 0. The summed E-state index contributed by atoms with van der Waals surface area (Å²) >= 11 is 6.32. The van der Waals surface area contributed by atoms with Crippen LogP contribution < -0.4 is 5.32 Å². The van der Waals surface area contributed by atoms with E-state index in [0.29, 0.717) is 12.0 Å². The van der Waals surface area contributed by atoms with E-state index >= 15 is 0 Å². The molecule has 1 N–H and O–H groups in total. The van der Waals surface area contributed by atoms with Gasteiger partial charge in [0.25, 0.3) is 0 Å². The lowest BCUT2D eigenvalue weighted by molar-refractivity contribution is 0.396. The van der Waals surface area contributed by atoms with Crippen molar-refractivity contribution in [3.8, 4) is 0 Å². The van der Waals surface area contributed by atoms with Crippen LogP contribution >= 0.6 is 11.6 Å². The first kappa shape index (κ1) is 14.6. The molecule has 0 saturated heterocycles. The first-order valence-electron chi connectivity index (χ1n) is 7.76. The van der Waals surface area contributed by atoms with Gasteiger partial charge in [-0.2, -0.15) is 0 Å². The molecule has 0 bridgehead atoms. The molecular formula is C19H22ClN. The van der Waals surface area contributed by atoms with Crippen LogP contribution in [-0.2, 0) is 0 Å². The van der Waals surface area contributed by atoms with Crippen LogP contribution in [0.15, 0.2) is 48.5 Å². The summed E-state index contributed by atoms with van der Waals surface area (Å²) in [6.45, 7) is 4.52. The first-order valence-corrected chi connectivity index (χ1v) is 8.14. The molecule has 1 nitrogen and oxygen atoms in total. The van der Waals surface area contributed by atoms with Gasteiger partial charge >= 0.3 is 0 Å². The minimum Gasteiger partial charge on any atom is -0.303 e. The molecule has 0 radical (unpaired) electrons. The number of fused-ring (bicyclic) bond motifs is 1. The molecule has 2 unspecified atom stereocenters. The quantitative estimate of drug-likeness (QED) is 0.774. The van der Waals surface area contributed by atoms with Crippen molar-refractivity contribution in [1.29, 1.82) is 0 Å². The van der Waals surface area contributed by atoms with Gasteiger partial charge in [-0.15, -0.1) is 0 Å². The SMILES string of the molecule is CC1CCC(N[C@@H](C)c2ccccc2Cl)c2ccccc21. The summed E-state index contributed by atoms with van der Waals surface area (Å²) in [6, 6.07) is 17.6. The van der Waals surface area contributed by atoms with Crippen LogP contribution in [0.25, 0.3) is 0 Å². The summed E-state index contributed by atoms with van der Waals surface area (Å²) in [5, 5.41) is 4.61. The molecule has 0 spiro atoms. The zero-order valence-electron chi connectivity index (χ0n) is 12.6. The fourth-order valence-corrected chi connectivity index (χ4v) is 3.70. The maximum atomic E-state index is 6.32. The van der Waals surface area contributed by atoms with E-state index in [4.69, 9.17) is 11.6 Å². The smallest absolute Gasteiger partial charge is 0.0453 e.